The molecule has 0 aliphatic carbocycles. The fourth-order valence-corrected chi connectivity index (χ4v) is 3.44. The van der Waals surface area contributed by atoms with E-state index in [1.807, 2.05) is 49.3 Å². The van der Waals surface area contributed by atoms with Gasteiger partial charge in [-0.3, -0.25) is 4.79 Å². The van der Waals surface area contributed by atoms with E-state index in [2.05, 4.69) is 33.9 Å². The number of rotatable bonds is 8. The van der Waals surface area contributed by atoms with E-state index in [0.717, 1.165) is 28.6 Å². The van der Waals surface area contributed by atoms with Gasteiger partial charge in [-0.05, 0) is 36.8 Å². The van der Waals surface area contributed by atoms with E-state index in [0.29, 0.717) is 28.9 Å². The number of nitrogens with zero attached hydrogens (tertiary/aromatic N) is 4. The molecule has 0 atom stereocenters. The summed E-state index contributed by atoms with van der Waals surface area (Å²) in [5.74, 6) is 3.72. The minimum Gasteiger partial charge on any atom is -0.480 e. The summed E-state index contributed by atoms with van der Waals surface area (Å²) in [5, 5.41) is 5.02. The first-order valence-electron chi connectivity index (χ1n) is 10.1. The summed E-state index contributed by atoms with van der Waals surface area (Å²) < 4.78 is 7.92. The van der Waals surface area contributed by atoms with Crippen molar-refractivity contribution in [3.8, 4) is 18.1 Å². The Morgan fingerprint density at radius 2 is 2.10 bits per heavy atom. The first-order chi connectivity index (χ1) is 14.9. The summed E-state index contributed by atoms with van der Waals surface area (Å²) in [4.78, 5) is 19.9. The molecule has 1 heterocycles. The van der Waals surface area contributed by atoms with Crippen LogP contribution in [-0.2, 0) is 6.42 Å². The quantitative estimate of drug-likeness (QED) is 0.352. The molecule has 6 nitrogen and oxygen atoms in total. The molecule has 0 aliphatic heterocycles. The first kappa shape index (κ1) is 22.6. The molecule has 0 saturated heterocycles. The maximum absolute atomic E-state index is 13.2. The number of terminal acetylenes is 1. The van der Waals surface area contributed by atoms with Crippen LogP contribution in [0.5, 0.6) is 5.75 Å². The van der Waals surface area contributed by atoms with Gasteiger partial charge in [-0.1, -0.05) is 35.2 Å². The first-order valence-corrected chi connectivity index (χ1v) is 10.9. The summed E-state index contributed by atoms with van der Waals surface area (Å²) in [7, 11) is 3.90. The highest BCUT2D eigenvalue weighted by atomic mass is 79.9. The minimum atomic E-state index is -0.204. The molecule has 0 aliphatic rings. The molecule has 1 aromatic heterocycles. The van der Waals surface area contributed by atoms with Gasteiger partial charge in [0.25, 0.3) is 5.56 Å². The van der Waals surface area contributed by atoms with Crippen molar-refractivity contribution in [2.75, 3.05) is 25.6 Å². The molecule has 160 valence electrons. The van der Waals surface area contributed by atoms with Crippen molar-refractivity contribution < 1.29 is 4.74 Å². The number of fused-ring (bicyclic) bond motifs is 1. The van der Waals surface area contributed by atoms with Crippen molar-refractivity contribution in [2.45, 2.75) is 26.2 Å². The standard InChI is InChI=1S/C24H25BrN4O2/c1-5-7-8-23-27-21-12-10-18(25)14-20(21)24(30)29(23)26-16-17-9-11-19(28(3)4)15-22(17)31-13-6-2/h2,9-12,14-16H,5,7-8,13H2,1,3-4H3. The van der Waals surface area contributed by atoms with Crippen LogP contribution in [0.15, 0.2) is 50.8 Å². The number of hydrogen-bond acceptors (Lipinski definition) is 5. The molecule has 7 heteroatoms. The molecule has 0 spiro atoms. The van der Waals surface area contributed by atoms with Gasteiger partial charge in [0.15, 0.2) is 0 Å². The Bertz CT molecular complexity index is 1210. The average Bonchev–Trinajstić information content (AvgIpc) is 2.76. The molecule has 3 aromatic rings. The van der Waals surface area contributed by atoms with Gasteiger partial charge >= 0.3 is 0 Å². The summed E-state index contributed by atoms with van der Waals surface area (Å²) in [6, 6.07) is 11.2. The van der Waals surface area contributed by atoms with Crippen molar-refractivity contribution >= 4 is 38.7 Å². The van der Waals surface area contributed by atoms with Crippen LogP contribution in [0.2, 0.25) is 0 Å². The fourth-order valence-electron chi connectivity index (χ4n) is 3.08. The molecule has 3 rings (SSSR count). The number of aryl methyl sites for hydroxylation is 1. The van der Waals surface area contributed by atoms with E-state index in [1.54, 1.807) is 12.3 Å². The lowest BCUT2D eigenvalue weighted by Crippen LogP contribution is -2.22. The molecule has 2 aromatic carbocycles. The van der Waals surface area contributed by atoms with Gasteiger partial charge in [-0.15, -0.1) is 6.42 Å². The molecular formula is C24H25BrN4O2. The highest BCUT2D eigenvalue weighted by molar-refractivity contribution is 9.10. The molecule has 0 amide bonds. The topological polar surface area (TPSA) is 59.7 Å². The maximum Gasteiger partial charge on any atom is 0.282 e. The summed E-state index contributed by atoms with van der Waals surface area (Å²) in [5.41, 5.74) is 2.16. The van der Waals surface area contributed by atoms with Gasteiger partial charge in [0.05, 0.1) is 17.1 Å². The number of ether oxygens (including phenoxy) is 1. The molecule has 0 fully saturated rings. The largest absolute Gasteiger partial charge is 0.480 e. The Kier molecular flexibility index (Phi) is 7.48. The molecule has 0 N–H and O–H groups in total. The highest BCUT2D eigenvalue weighted by Crippen LogP contribution is 2.24. The molecule has 0 unspecified atom stereocenters. The van der Waals surface area contributed by atoms with Crippen LogP contribution in [0.3, 0.4) is 0 Å². The molecule has 31 heavy (non-hydrogen) atoms. The lowest BCUT2D eigenvalue weighted by Gasteiger charge is -2.15. The van der Waals surface area contributed by atoms with Crippen LogP contribution in [0, 0.1) is 12.3 Å². The highest BCUT2D eigenvalue weighted by Gasteiger charge is 2.12. The van der Waals surface area contributed by atoms with E-state index >= 15 is 0 Å². The van der Waals surface area contributed by atoms with Crippen LogP contribution >= 0.6 is 15.9 Å². The van der Waals surface area contributed by atoms with Gasteiger partial charge in [0.2, 0.25) is 0 Å². The Morgan fingerprint density at radius 3 is 2.81 bits per heavy atom. The number of benzene rings is 2. The zero-order valence-electron chi connectivity index (χ0n) is 17.9. The Balaban J connectivity index is 2.10. The number of halogens is 1. The minimum absolute atomic E-state index is 0.144. The van der Waals surface area contributed by atoms with Crippen LogP contribution < -0.4 is 15.2 Å². The monoisotopic (exact) mass is 480 g/mol. The van der Waals surface area contributed by atoms with Gasteiger partial charge in [0.1, 0.15) is 18.2 Å². The number of unbranched alkanes of at least 4 members (excludes halogenated alkanes) is 1. The Hall–Kier alpha value is -3.11. The summed E-state index contributed by atoms with van der Waals surface area (Å²) >= 11 is 3.43. The molecule has 0 bridgehead atoms. The van der Waals surface area contributed by atoms with Crippen molar-refractivity contribution in [1.82, 2.24) is 9.66 Å². The van der Waals surface area contributed by atoms with E-state index < -0.39 is 0 Å². The average molecular weight is 481 g/mol. The Labute approximate surface area is 190 Å². The third kappa shape index (κ3) is 5.33. The van der Waals surface area contributed by atoms with Crippen molar-refractivity contribution in [3.63, 3.8) is 0 Å². The van der Waals surface area contributed by atoms with E-state index in [4.69, 9.17) is 16.1 Å². The smallest absolute Gasteiger partial charge is 0.282 e. The fraction of sp³-hybridized carbons (Fsp3) is 0.292. The van der Waals surface area contributed by atoms with Crippen LogP contribution in [-0.4, -0.2) is 36.6 Å². The predicted molar refractivity (Wildman–Crippen MR) is 130 cm³/mol. The van der Waals surface area contributed by atoms with Gasteiger partial charge < -0.3 is 9.64 Å². The molecular weight excluding hydrogens is 456 g/mol. The predicted octanol–water partition coefficient (Wildman–Crippen LogP) is 4.46. The van der Waals surface area contributed by atoms with Crippen LogP contribution in [0.4, 0.5) is 5.69 Å². The SMILES string of the molecule is C#CCOc1cc(N(C)C)ccc1C=Nn1c(CCCC)nc2ccc(Br)cc2c1=O. The normalized spacial score (nSPS) is 11.1. The van der Waals surface area contributed by atoms with E-state index in [-0.39, 0.29) is 12.2 Å². The third-order valence-electron chi connectivity index (χ3n) is 4.77. The third-order valence-corrected chi connectivity index (χ3v) is 5.26. The number of hydrogen-bond donors (Lipinski definition) is 0. The van der Waals surface area contributed by atoms with Crippen molar-refractivity contribution in [2.24, 2.45) is 5.10 Å². The summed E-state index contributed by atoms with van der Waals surface area (Å²) in [6.45, 7) is 2.25. The summed E-state index contributed by atoms with van der Waals surface area (Å²) in [6.07, 6.45) is 9.55. The maximum atomic E-state index is 13.2. The molecule has 0 radical (unpaired) electrons. The second-order valence-electron chi connectivity index (χ2n) is 7.26. The van der Waals surface area contributed by atoms with Gasteiger partial charge in [-0.2, -0.15) is 9.78 Å². The number of aromatic nitrogens is 2. The van der Waals surface area contributed by atoms with Crippen LogP contribution in [0.1, 0.15) is 31.2 Å². The second-order valence-corrected chi connectivity index (χ2v) is 8.18. The lowest BCUT2D eigenvalue weighted by molar-refractivity contribution is 0.370. The Morgan fingerprint density at radius 1 is 1.29 bits per heavy atom. The van der Waals surface area contributed by atoms with E-state index in [1.165, 1.54) is 4.68 Å². The number of anilines is 1. The zero-order valence-corrected chi connectivity index (χ0v) is 19.5. The van der Waals surface area contributed by atoms with Crippen LogP contribution in [0.25, 0.3) is 10.9 Å². The lowest BCUT2D eigenvalue weighted by atomic mass is 10.2. The van der Waals surface area contributed by atoms with Gasteiger partial charge in [-0.25, -0.2) is 4.98 Å². The van der Waals surface area contributed by atoms with E-state index in [9.17, 15) is 4.79 Å². The van der Waals surface area contributed by atoms with Gasteiger partial charge in [0, 0.05) is 42.3 Å². The van der Waals surface area contributed by atoms with Crippen molar-refractivity contribution in [1.29, 1.82) is 0 Å². The molecule has 0 saturated carbocycles. The van der Waals surface area contributed by atoms with Crippen molar-refractivity contribution in [3.05, 3.63) is 62.6 Å². The zero-order chi connectivity index (χ0) is 22.4. The second kappa shape index (κ2) is 10.3.